The molecule has 0 radical (unpaired) electrons. The molecule has 5 heteroatoms. The lowest BCUT2D eigenvalue weighted by molar-refractivity contribution is -0.109. The van der Waals surface area contributed by atoms with E-state index in [0.717, 1.165) is 5.56 Å². The molecule has 0 unspecified atom stereocenters. The molecule has 3 nitrogen and oxygen atoms in total. The summed E-state index contributed by atoms with van der Waals surface area (Å²) in [6.07, 6.45) is 0. The Hall–Kier alpha value is -0.710. The highest BCUT2D eigenvalue weighted by Crippen LogP contribution is 2.27. The highest BCUT2D eigenvalue weighted by Gasteiger charge is 2.04. The van der Waals surface area contributed by atoms with Gasteiger partial charge in [-0.15, -0.1) is 0 Å². The van der Waals surface area contributed by atoms with Gasteiger partial charge in [-0.3, -0.25) is 4.79 Å². The molecule has 16 heavy (non-hydrogen) atoms. The number of benzene rings is 1. The molecular formula is C11H13ClO3S. The first-order valence-electron chi connectivity index (χ1n) is 4.67. The fourth-order valence-corrected chi connectivity index (χ4v) is 1.78. The summed E-state index contributed by atoms with van der Waals surface area (Å²) in [5.74, 6) is 1.20. The van der Waals surface area contributed by atoms with E-state index in [1.807, 2.05) is 12.1 Å². The number of carbonyl (C=O) groups excluding carboxylic acids is 1. The standard InChI is InChI=1S/C11H13ClO3S/c1-8(13)16-6-9-3-4-10(12)11(5-9)15-7-14-2/h3-5H,6-7H2,1-2H3. The molecule has 88 valence electrons. The van der Waals surface area contributed by atoms with Gasteiger partial charge in [0, 0.05) is 19.8 Å². The quantitative estimate of drug-likeness (QED) is 0.762. The fourth-order valence-electron chi connectivity index (χ4n) is 1.06. The summed E-state index contributed by atoms with van der Waals surface area (Å²) in [5.41, 5.74) is 0.996. The van der Waals surface area contributed by atoms with E-state index in [1.165, 1.54) is 11.8 Å². The molecule has 1 aromatic rings. The normalized spacial score (nSPS) is 10.2. The van der Waals surface area contributed by atoms with Crippen molar-refractivity contribution in [2.24, 2.45) is 0 Å². The molecule has 0 aliphatic rings. The van der Waals surface area contributed by atoms with Crippen LogP contribution in [0.25, 0.3) is 0 Å². The van der Waals surface area contributed by atoms with Crippen LogP contribution in [-0.4, -0.2) is 19.0 Å². The second-order valence-electron chi connectivity index (χ2n) is 3.10. The van der Waals surface area contributed by atoms with Crippen LogP contribution in [0.2, 0.25) is 5.02 Å². The first-order chi connectivity index (χ1) is 7.63. The minimum Gasteiger partial charge on any atom is -0.466 e. The number of thioether (sulfide) groups is 1. The lowest BCUT2D eigenvalue weighted by Gasteiger charge is -2.08. The molecule has 1 aromatic carbocycles. The number of hydrogen-bond acceptors (Lipinski definition) is 4. The summed E-state index contributed by atoms with van der Waals surface area (Å²) in [4.78, 5) is 10.8. The third kappa shape index (κ3) is 4.43. The summed E-state index contributed by atoms with van der Waals surface area (Å²) >= 11 is 7.19. The Morgan fingerprint density at radius 1 is 1.50 bits per heavy atom. The van der Waals surface area contributed by atoms with Gasteiger partial charge in [0.25, 0.3) is 0 Å². The van der Waals surface area contributed by atoms with E-state index >= 15 is 0 Å². The van der Waals surface area contributed by atoms with Gasteiger partial charge in [0.2, 0.25) is 0 Å². The van der Waals surface area contributed by atoms with E-state index in [4.69, 9.17) is 21.1 Å². The summed E-state index contributed by atoms with van der Waals surface area (Å²) in [6, 6.07) is 5.44. The number of hydrogen-bond donors (Lipinski definition) is 0. The molecule has 0 saturated carbocycles. The van der Waals surface area contributed by atoms with Crippen molar-refractivity contribution in [1.82, 2.24) is 0 Å². The van der Waals surface area contributed by atoms with Crippen LogP contribution in [0.15, 0.2) is 18.2 Å². The topological polar surface area (TPSA) is 35.5 Å². The molecule has 0 N–H and O–H groups in total. The van der Waals surface area contributed by atoms with Gasteiger partial charge in [-0.2, -0.15) is 0 Å². The highest BCUT2D eigenvalue weighted by atomic mass is 35.5. The van der Waals surface area contributed by atoms with Gasteiger partial charge in [-0.05, 0) is 17.7 Å². The van der Waals surface area contributed by atoms with Crippen molar-refractivity contribution in [1.29, 1.82) is 0 Å². The molecule has 0 spiro atoms. The third-order valence-corrected chi connectivity index (χ3v) is 2.97. The maximum Gasteiger partial charge on any atom is 0.188 e. The lowest BCUT2D eigenvalue weighted by atomic mass is 10.2. The van der Waals surface area contributed by atoms with Crippen LogP contribution in [0.5, 0.6) is 5.75 Å². The number of methoxy groups -OCH3 is 1. The molecule has 1 rings (SSSR count). The van der Waals surface area contributed by atoms with Gasteiger partial charge < -0.3 is 9.47 Å². The summed E-state index contributed by atoms with van der Waals surface area (Å²) in [5, 5.41) is 0.628. The van der Waals surface area contributed by atoms with Crippen molar-refractivity contribution in [3.8, 4) is 5.75 Å². The zero-order valence-electron chi connectivity index (χ0n) is 9.16. The van der Waals surface area contributed by atoms with E-state index in [1.54, 1.807) is 20.1 Å². The van der Waals surface area contributed by atoms with Crippen LogP contribution < -0.4 is 4.74 Å². The smallest absolute Gasteiger partial charge is 0.188 e. The largest absolute Gasteiger partial charge is 0.466 e. The Morgan fingerprint density at radius 2 is 2.25 bits per heavy atom. The average Bonchev–Trinajstić information content (AvgIpc) is 2.26. The van der Waals surface area contributed by atoms with Crippen molar-refractivity contribution >= 4 is 28.5 Å². The molecule has 0 heterocycles. The summed E-state index contributed by atoms with van der Waals surface area (Å²) in [7, 11) is 1.54. The van der Waals surface area contributed by atoms with Gasteiger partial charge in [0.15, 0.2) is 11.9 Å². The Morgan fingerprint density at radius 3 is 2.88 bits per heavy atom. The minimum absolute atomic E-state index is 0.0920. The molecule has 0 fully saturated rings. The van der Waals surface area contributed by atoms with Crippen molar-refractivity contribution in [2.45, 2.75) is 12.7 Å². The van der Waals surface area contributed by atoms with Crippen LogP contribution in [0.3, 0.4) is 0 Å². The first kappa shape index (κ1) is 13.4. The molecule has 0 bridgehead atoms. The van der Waals surface area contributed by atoms with Gasteiger partial charge >= 0.3 is 0 Å². The first-order valence-corrected chi connectivity index (χ1v) is 6.03. The second-order valence-corrected chi connectivity index (χ2v) is 4.66. The van der Waals surface area contributed by atoms with Crippen molar-refractivity contribution in [2.75, 3.05) is 13.9 Å². The van der Waals surface area contributed by atoms with E-state index < -0.39 is 0 Å². The number of carbonyl (C=O) groups is 1. The summed E-state index contributed by atoms with van der Waals surface area (Å²) < 4.78 is 10.1. The minimum atomic E-state index is 0.0920. The average molecular weight is 261 g/mol. The monoisotopic (exact) mass is 260 g/mol. The summed E-state index contributed by atoms with van der Waals surface area (Å²) in [6.45, 7) is 1.70. The zero-order valence-corrected chi connectivity index (χ0v) is 10.7. The van der Waals surface area contributed by atoms with Crippen LogP contribution in [0.1, 0.15) is 12.5 Å². The Labute approximate surface area is 104 Å². The number of ether oxygens (including phenoxy) is 2. The Kier molecular flexibility index (Phi) is 5.66. The lowest BCUT2D eigenvalue weighted by Crippen LogP contribution is -1.99. The van der Waals surface area contributed by atoms with Crippen molar-refractivity contribution in [3.63, 3.8) is 0 Å². The van der Waals surface area contributed by atoms with Gasteiger partial charge in [-0.25, -0.2) is 0 Å². The van der Waals surface area contributed by atoms with E-state index in [2.05, 4.69) is 0 Å². The van der Waals surface area contributed by atoms with Crippen LogP contribution in [-0.2, 0) is 15.3 Å². The Balaban J connectivity index is 2.68. The molecule has 0 aromatic heterocycles. The van der Waals surface area contributed by atoms with E-state index in [9.17, 15) is 4.79 Å². The second kappa shape index (κ2) is 6.78. The van der Waals surface area contributed by atoms with E-state index in [0.29, 0.717) is 16.5 Å². The maximum absolute atomic E-state index is 10.8. The predicted octanol–water partition coefficient (Wildman–Crippen LogP) is 3.10. The van der Waals surface area contributed by atoms with Crippen molar-refractivity contribution < 1.29 is 14.3 Å². The van der Waals surface area contributed by atoms with Gasteiger partial charge in [-0.1, -0.05) is 29.4 Å². The molecule has 0 aliphatic heterocycles. The fraction of sp³-hybridized carbons (Fsp3) is 0.364. The van der Waals surface area contributed by atoms with Crippen LogP contribution >= 0.6 is 23.4 Å². The SMILES string of the molecule is COCOc1cc(CSC(C)=O)ccc1Cl. The van der Waals surface area contributed by atoms with E-state index in [-0.39, 0.29) is 11.9 Å². The molecule has 0 atom stereocenters. The predicted molar refractivity (Wildman–Crippen MR) is 65.9 cm³/mol. The number of halogens is 1. The molecular weight excluding hydrogens is 248 g/mol. The molecule has 0 amide bonds. The van der Waals surface area contributed by atoms with Gasteiger partial charge in [0.05, 0.1) is 5.02 Å². The highest BCUT2D eigenvalue weighted by molar-refractivity contribution is 8.12. The van der Waals surface area contributed by atoms with Crippen LogP contribution in [0, 0.1) is 0 Å². The number of rotatable bonds is 5. The molecule has 0 saturated heterocycles. The Bertz CT molecular complexity index is 368. The van der Waals surface area contributed by atoms with Crippen LogP contribution in [0.4, 0.5) is 0 Å². The third-order valence-electron chi connectivity index (χ3n) is 1.77. The maximum atomic E-state index is 10.8. The molecule has 0 aliphatic carbocycles. The van der Waals surface area contributed by atoms with Crippen molar-refractivity contribution in [3.05, 3.63) is 28.8 Å². The van der Waals surface area contributed by atoms with Gasteiger partial charge in [0.1, 0.15) is 5.75 Å². The zero-order chi connectivity index (χ0) is 12.0.